The van der Waals surface area contributed by atoms with Crippen molar-refractivity contribution in [3.63, 3.8) is 0 Å². The van der Waals surface area contributed by atoms with Crippen molar-refractivity contribution in [3.05, 3.63) is 119 Å². The Labute approximate surface area is 255 Å². The van der Waals surface area contributed by atoms with Crippen LogP contribution in [0.4, 0.5) is 9.52 Å². The second-order valence-electron chi connectivity index (χ2n) is 9.91. The largest absolute Gasteiger partial charge is 0.507 e. The number of ether oxygens (including phenoxy) is 1. The molecule has 0 spiro atoms. The normalized spacial score (nSPS) is 16.3. The molecule has 5 aromatic rings. The number of rotatable bonds is 8. The molecule has 1 atom stereocenters. The van der Waals surface area contributed by atoms with Gasteiger partial charge in [0.1, 0.15) is 17.3 Å². The van der Waals surface area contributed by atoms with Crippen LogP contribution in [0.5, 0.6) is 5.75 Å². The molecule has 1 amide bonds. The number of carbonyl (C=O) groups is 2. The molecule has 1 saturated heterocycles. The monoisotopic (exact) mass is 611 g/mol. The van der Waals surface area contributed by atoms with Gasteiger partial charge in [0.15, 0.2) is 4.34 Å². The van der Waals surface area contributed by atoms with Gasteiger partial charge in [-0.05, 0) is 59.5 Å². The molecule has 43 heavy (non-hydrogen) atoms. The number of ketones is 1. The van der Waals surface area contributed by atoms with Crippen molar-refractivity contribution in [3.8, 4) is 5.75 Å². The van der Waals surface area contributed by atoms with E-state index < -0.39 is 29.3 Å². The Morgan fingerprint density at radius 1 is 1.02 bits per heavy atom. The van der Waals surface area contributed by atoms with Crippen molar-refractivity contribution in [1.82, 2.24) is 10.2 Å². The lowest BCUT2D eigenvalue weighted by molar-refractivity contribution is -0.132. The highest BCUT2D eigenvalue weighted by Gasteiger charge is 2.48. The van der Waals surface area contributed by atoms with E-state index >= 15 is 0 Å². The number of carbonyl (C=O) groups excluding carboxylic acids is 2. The molecule has 7 nitrogen and oxygen atoms in total. The summed E-state index contributed by atoms with van der Waals surface area (Å²) in [5, 5.41) is 22.4. The molecule has 6 rings (SSSR count). The number of hydrogen-bond donors (Lipinski definition) is 1. The first-order chi connectivity index (χ1) is 20.9. The summed E-state index contributed by atoms with van der Waals surface area (Å²) in [7, 11) is 0. The van der Waals surface area contributed by atoms with Gasteiger partial charge in [-0.25, -0.2) is 4.39 Å². The maximum Gasteiger partial charge on any atom is 0.301 e. The summed E-state index contributed by atoms with van der Waals surface area (Å²) in [5.41, 5.74) is 2.03. The van der Waals surface area contributed by atoms with Gasteiger partial charge in [-0.1, -0.05) is 89.8 Å². The number of nitrogens with zero attached hydrogens (tertiary/aromatic N) is 3. The zero-order valence-electron chi connectivity index (χ0n) is 23.3. The fraction of sp³-hybridized carbons (Fsp3) is 0.152. The third kappa shape index (κ3) is 5.51. The van der Waals surface area contributed by atoms with Crippen LogP contribution >= 0.6 is 23.1 Å². The third-order valence-electron chi connectivity index (χ3n) is 7.23. The van der Waals surface area contributed by atoms with Gasteiger partial charge >= 0.3 is 5.91 Å². The van der Waals surface area contributed by atoms with E-state index in [1.54, 1.807) is 31.2 Å². The molecule has 4 aromatic carbocycles. The predicted octanol–water partition coefficient (Wildman–Crippen LogP) is 7.46. The van der Waals surface area contributed by atoms with Crippen LogP contribution in [-0.2, 0) is 15.3 Å². The van der Waals surface area contributed by atoms with Gasteiger partial charge in [0.25, 0.3) is 5.78 Å². The summed E-state index contributed by atoms with van der Waals surface area (Å²) >= 11 is 2.67. The summed E-state index contributed by atoms with van der Waals surface area (Å²) in [5.74, 6) is -1.49. The van der Waals surface area contributed by atoms with Gasteiger partial charge in [0.2, 0.25) is 5.13 Å². The first kappa shape index (κ1) is 28.6. The molecule has 1 unspecified atom stereocenters. The lowest BCUT2D eigenvalue weighted by Crippen LogP contribution is -2.29. The third-order valence-corrected chi connectivity index (χ3v) is 9.33. The highest BCUT2D eigenvalue weighted by atomic mass is 32.2. The second-order valence-corrected chi connectivity index (χ2v) is 12.1. The summed E-state index contributed by atoms with van der Waals surface area (Å²) in [4.78, 5) is 28.3. The number of thioether (sulfide) groups is 1. The average Bonchev–Trinajstić information content (AvgIpc) is 3.59. The number of aromatic nitrogens is 2. The van der Waals surface area contributed by atoms with E-state index in [1.165, 1.54) is 40.1 Å². The zero-order chi connectivity index (χ0) is 30.1. The highest BCUT2D eigenvalue weighted by Crippen LogP contribution is 2.44. The van der Waals surface area contributed by atoms with Gasteiger partial charge in [-0.3, -0.25) is 14.5 Å². The number of aliphatic hydroxyl groups is 1. The number of aliphatic hydroxyl groups excluding tert-OH is 1. The minimum Gasteiger partial charge on any atom is -0.507 e. The van der Waals surface area contributed by atoms with Crippen LogP contribution in [0.3, 0.4) is 0 Å². The maximum absolute atomic E-state index is 14.4. The molecule has 1 aromatic heterocycles. The summed E-state index contributed by atoms with van der Waals surface area (Å²) in [6.07, 6.45) is 0. The number of halogens is 1. The molecule has 0 bridgehead atoms. The Hall–Kier alpha value is -4.54. The van der Waals surface area contributed by atoms with Gasteiger partial charge in [0, 0.05) is 11.3 Å². The minimum atomic E-state index is -1.01. The van der Waals surface area contributed by atoms with Crippen LogP contribution < -0.4 is 9.64 Å². The first-order valence-electron chi connectivity index (χ1n) is 13.6. The van der Waals surface area contributed by atoms with Gasteiger partial charge < -0.3 is 9.84 Å². The molecule has 1 aliphatic rings. The van der Waals surface area contributed by atoms with Gasteiger partial charge in [-0.2, -0.15) is 0 Å². The lowest BCUT2D eigenvalue weighted by Gasteiger charge is -2.22. The van der Waals surface area contributed by atoms with Gasteiger partial charge in [-0.15, -0.1) is 10.2 Å². The van der Waals surface area contributed by atoms with Crippen molar-refractivity contribution in [1.29, 1.82) is 0 Å². The lowest BCUT2D eigenvalue weighted by atomic mass is 9.95. The summed E-state index contributed by atoms with van der Waals surface area (Å²) in [6.45, 7) is 3.94. The number of aryl methyl sites for hydroxylation is 1. The van der Waals surface area contributed by atoms with E-state index in [2.05, 4.69) is 34.5 Å². The Kier molecular flexibility index (Phi) is 7.96. The molecule has 0 radical (unpaired) electrons. The van der Waals surface area contributed by atoms with Crippen LogP contribution in [0.25, 0.3) is 16.5 Å². The van der Waals surface area contributed by atoms with Crippen molar-refractivity contribution in [2.24, 2.45) is 0 Å². The molecule has 10 heteroatoms. The second kappa shape index (κ2) is 12.0. The Morgan fingerprint density at radius 2 is 1.79 bits per heavy atom. The molecule has 216 valence electrons. The van der Waals surface area contributed by atoms with E-state index in [1.807, 2.05) is 25.1 Å². The Balaban J connectivity index is 1.37. The molecule has 2 heterocycles. The molecular weight excluding hydrogens is 586 g/mol. The van der Waals surface area contributed by atoms with Crippen LogP contribution in [0.15, 0.2) is 94.8 Å². The predicted molar refractivity (Wildman–Crippen MR) is 167 cm³/mol. The number of hydrogen-bond acceptors (Lipinski definition) is 8. The number of amides is 1. The molecule has 1 N–H and O–H groups in total. The average molecular weight is 612 g/mol. The molecule has 0 saturated carbocycles. The van der Waals surface area contributed by atoms with E-state index in [0.717, 1.165) is 22.4 Å². The molecular formula is C33H26FN3O4S2. The topological polar surface area (TPSA) is 92.6 Å². The fourth-order valence-corrected chi connectivity index (χ4v) is 6.94. The number of Topliss-reactive ketones (excluding diaryl/α,β-unsaturated/α-hetero) is 1. The molecule has 1 fully saturated rings. The number of fused-ring (bicyclic) bond motifs is 1. The van der Waals surface area contributed by atoms with Crippen LogP contribution in [0, 0.1) is 12.7 Å². The summed E-state index contributed by atoms with van der Waals surface area (Å²) in [6, 6.07) is 24.4. The number of anilines is 1. The smallest absolute Gasteiger partial charge is 0.301 e. The van der Waals surface area contributed by atoms with Gasteiger partial charge in [0.05, 0.1) is 18.2 Å². The van der Waals surface area contributed by atoms with E-state index in [9.17, 15) is 19.1 Å². The SMILES string of the molecule is CCOc1ccc(C2C(=C(O)c3ccc(C)c(F)c3)C(=O)C(=O)N2c2nnc(SCc3cccc4ccccc34)s2)cc1. The van der Waals surface area contributed by atoms with Crippen molar-refractivity contribution < 1.29 is 23.8 Å². The number of benzene rings is 4. The van der Waals surface area contributed by atoms with Crippen molar-refractivity contribution >= 4 is 56.5 Å². The Morgan fingerprint density at radius 3 is 2.56 bits per heavy atom. The quantitative estimate of drug-likeness (QED) is 0.0640. The van der Waals surface area contributed by atoms with E-state index in [4.69, 9.17) is 4.74 Å². The molecule has 0 aliphatic carbocycles. The van der Waals surface area contributed by atoms with Crippen LogP contribution in [0.1, 0.15) is 35.2 Å². The van der Waals surface area contributed by atoms with E-state index in [0.29, 0.717) is 33.6 Å². The standard InChI is InChI=1S/C33H26FN3O4S2/c1-3-41-24-15-13-21(14-16-24)28-27(29(38)22-12-11-19(2)26(34)17-22)30(39)31(40)37(28)32-35-36-33(43-32)42-18-23-9-6-8-20-7-4-5-10-25(20)23/h4-17,28,38H,3,18H2,1-2H3. The first-order valence-corrected chi connectivity index (χ1v) is 15.4. The van der Waals surface area contributed by atoms with E-state index in [-0.39, 0.29) is 16.3 Å². The minimum absolute atomic E-state index is 0.0978. The molecule has 1 aliphatic heterocycles. The maximum atomic E-state index is 14.4. The van der Waals surface area contributed by atoms with Crippen LogP contribution in [-0.4, -0.2) is 33.6 Å². The zero-order valence-corrected chi connectivity index (χ0v) is 24.9. The van der Waals surface area contributed by atoms with Crippen molar-refractivity contribution in [2.45, 2.75) is 30.0 Å². The highest BCUT2D eigenvalue weighted by molar-refractivity contribution is 8.00. The van der Waals surface area contributed by atoms with Crippen LogP contribution in [0.2, 0.25) is 0 Å². The van der Waals surface area contributed by atoms with Crippen molar-refractivity contribution in [2.75, 3.05) is 11.5 Å². The fourth-order valence-electron chi connectivity index (χ4n) is 5.07. The summed E-state index contributed by atoms with van der Waals surface area (Å²) < 4.78 is 20.6. The Bertz CT molecular complexity index is 1880.